The highest BCUT2D eigenvalue weighted by Crippen LogP contribution is 2.28. The Morgan fingerprint density at radius 2 is 2.41 bits per heavy atom. The first-order valence-electron chi connectivity index (χ1n) is 7.16. The number of nitrogens with two attached hydrogens (primary N) is 1. The Hall–Kier alpha value is -2.47. The molecule has 0 spiro atoms. The van der Waals surface area contributed by atoms with Gasteiger partial charge in [-0.2, -0.15) is 5.10 Å². The molecule has 6 nitrogen and oxygen atoms in total. The van der Waals surface area contributed by atoms with Crippen molar-refractivity contribution in [1.29, 1.82) is 5.41 Å². The second-order valence-electron chi connectivity index (χ2n) is 5.20. The molecule has 3 N–H and O–H groups in total. The molecule has 0 radical (unpaired) electrons. The molecule has 0 fully saturated rings. The monoisotopic (exact) mass is 298 g/mol. The molecule has 1 atom stereocenters. The minimum atomic E-state index is -0.379. The fraction of sp³-hybridized carbons (Fsp3) is 0.312. The first-order valence-corrected chi connectivity index (χ1v) is 7.16. The van der Waals surface area contributed by atoms with Gasteiger partial charge in [-0.1, -0.05) is 0 Å². The molecular weight excluding hydrogens is 280 g/mol. The summed E-state index contributed by atoms with van der Waals surface area (Å²) in [5, 5.41) is 11.9. The highest BCUT2D eigenvalue weighted by Gasteiger charge is 2.15. The largest absolute Gasteiger partial charge is 0.484 e. The number of nitrogens with one attached hydrogen (secondary N) is 1. The number of fused-ring (bicyclic) bond motifs is 3. The fourth-order valence-corrected chi connectivity index (χ4v) is 2.64. The minimum Gasteiger partial charge on any atom is -0.484 e. The number of benzene rings is 1. The van der Waals surface area contributed by atoms with Crippen molar-refractivity contribution in [1.82, 2.24) is 4.98 Å². The lowest BCUT2D eigenvalue weighted by molar-refractivity contribution is 0.111. The number of ether oxygens (including phenoxy) is 2. The van der Waals surface area contributed by atoms with Gasteiger partial charge in [-0.05, 0) is 42.7 Å². The van der Waals surface area contributed by atoms with Gasteiger partial charge in [0.05, 0.1) is 18.7 Å². The number of pyridine rings is 1. The van der Waals surface area contributed by atoms with E-state index in [0.29, 0.717) is 18.1 Å². The number of hydrazone groups is 1. The molecule has 0 saturated carbocycles. The van der Waals surface area contributed by atoms with Gasteiger partial charge >= 0.3 is 0 Å². The van der Waals surface area contributed by atoms with Crippen molar-refractivity contribution in [3.05, 3.63) is 35.5 Å². The Bertz CT molecular complexity index is 742. The van der Waals surface area contributed by atoms with Crippen molar-refractivity contribution in [3.8, 4) is 5.75 Å². The molecule has 1 aromatic heterocycles. The third-order valence-electron chi connectivity index (χ3n) is 3.82. The lowest BCUT2D eigenvalue weighted by atomic mass is 10.00. The van der Waals surface area contributed by atoms with Crippen molar-refractivity contribution in [3.63, 3.8) is 0 Å². The standard InChI is InChI=1S/C16H18N4O2/c1-10(16(7-17)20-18)22-12-2-3-15-14(6-12)13-4-5-21-9-11(13)8-19-15/h2-3,6-8,10,17H,4-5,9,18H2,1H3/b17-7?,20-16+/t10-/m1/s1. The third-order valence-corrected chi connectivity index (χ3v) is 3.82. The Balaban J connectivity index is 1.97. The van der Waals surface area contributed by atoms with Gasteiger partial charge in [0, 0.05) is 17.8 Å². The highest BCUT2D eigenvalue weighted by atomic mass is 16.5. The van der Waals surface area contributed by atoms with Gasteiger partial charge in [0.2, 0.25) is 0 Å². The second-order valence-corrected chi connectivity index (χ2v) is 5.20. The summed E-state index contributed by atoms with van der Waals surface area (Å²) in [6.45, 7) is 3.15. The van der Waals surface area contributed by atoms with Crippen LogP contribution in [0.2, 0.25) is 0 Å². The zero-order valence-electron chi connectivity index (χ0n) is 12.4. The first kappa shape index (κ1) is 14.5. The van der Waals surface area contributed by atoms with E-state index in [2.05, 4.69) is 10.1 Å². The van der Waals surface area contributed by atoms with Crippen LogP contribution in [-0.4, -0.2) is 29.6 Å². The number of aromatic nitrogens is 1. The average Bonchev–Trinajstić information content (AvgIpc) is 2.56. The zero-order valence-corrected chi connectivity index (χ0v) is 12.4. The summed E-state index contributed by atoms with van der Waals surface area (Å²) in [7, 11) is 0. The van der Waals surface area contributed by atoms with E-state index in [0.717, 1.165) is 35.7 Å². The van der Waals surface area contributed by atoms with E-state index >= 15 is 0 Å². The maximum absolute atomic E-state index is 7.27. The van der Waals surface area contributed by atoms with E-state index in [4.69, 9.17) is 20.7 Å². The van der Waals surface area contributed by atoms with Crippen LogP contribution in [0.3, 0.4) is 0 Å². The van der Waals surface area contributed by atoms with Gasteiger partial charge in [-0.25, -0.2) is 0 Å². The van der Waals surface area contributed by atoms with Crippen LogP contribution in [0.25, 0.3) is 10.9 Å². The minimum absolute atomic E-state index is 0.379. The van der Waals surface area contributed by atoms with Gasteiger partial charge in [0.15, 0.2) is 0 Å². The summed E-state index contributed by atoms with van der Waals surface area (Å²) in [5.74, 6) is 5.97. The number of rotatable bonds is 4. The Morgan fingerprint density at radius 1 is 1.55 bits per heavy atom. The molecule has 22 heavy (non-hydrogen) atoms. The molecule has 1 aliphatic rings. The number of hydrogen-bond acceptors (Lipinski definition) is 6. The summed E-state index contributed by atoms with van der Waals surface area (Å²) in [5.41, 5.74) is 3.74. The SMILES string of the molecule is C[C@@H](Oc1ccc2ncc3c(c2c1)CCOC3)/C(C=N)=N/N. The molecule has 0 aliphatic carbocycles. The average molecular weight is 298 g/mol. The lowest BCUT2D eigenvalue weighted by Crippen LogP contribution is -2.26. The summed E-state index contributed by atoms with van der Waals surface area (Å²) in [6, 6.07) is 5.80. The Labute approximate surface area is 128 Å². The highest BCUT2D eigenvalue weighted by molar-refractivity contribution is 6.31. The van der Waals surface area contributed by atoms with E-state index in [1.54, 1.807) is 0 Å². The molecular formula is C16H18N4O2. The van der Waals surface area contributed by atoms with Crippen molar-refractivity contribution in [2.24, 2.45) is 10.9 Å². The normalized spacial score (nSPS) is 16.1. The van der Waals surface area contributed by atoms with Gasteiger partial charge in [0.1, 0.15) is 17.6 Å². The number of nitrogens with zero attached hydrogens (tertiary/aromatic N) is 2. The molecule has 114 valence electrons. The molecule has 3 rings (SSSR count). The van der Waals surface area contributed by atoms with E-state index in [9.17, 15) is 0 Å². The summed E-state index contributed by atoms with van der Waals surface area (Å²) >= 11 is 0. The maximum Gasteiger partial charge on any atom is 0.141 e. The topological polar surface area (TPSA) is 93.6 Å². The summed E-state index contributed by atoms with van der Waals surface area (Å²) < 4.78 is 11.3. The molecule has 1 aromatic carbocycles. The van der Waals surface area contributed by atoms with Crippen LogP contribution in [0.15, 0.2) is 29.5 Å². The van der Waals surface area contributed by atoms with Crippen LogP contribution in [0.1, 0.15) is 18.1 Å². The van der Waals surface area contributed by atoms with Crippen molar-refractivity contribution in [2.75, 3.05) is 6.61 Å². The van der Waals surface area contributed by atoms with Crippen LogP contribution < -0.4 is 10.6 Å². The van der Waals surface area contributed by atoms with Crippen molar-refractivity contribution < 1.29 is 9.47 Å². The quantitative estimate of drug-likeness (QED) is 0.513. The predicted molar refractivity (Wildman–Crippen MR) is 85.6 cm³/mol. The fourth-order valence-electron chi connectivity index (χ4n) is 2.64. The molecule has 6 heteroatoms. The molecule has 0 bridgehead atoms. The molecule has 1 aliphatic heterocycles. The molecule has 0 amide bonds. The maximum atomic E-state index is 7.27. The molecule has 0 unspecified atom stereocenters. The molecule has 0 saturated heterocycles. The first-order chi connectivity index (χ1) is 10.7. The third kappa shape index (κ3) is 2.65. The van der Waals surface area contributed by atoms with Gasteiger partial charge in [-0.15, -0.1) is 0 Å². The summed E-state index contributed by atoms with van der Waals surface area (Å²) in [4.78, 5) is 4.47. The lowest BCUT2D eigenvalue weighted by Gasteiger charge is -2.19. The van der Waals surface area contributed by atoms with E-state index < -0.39 is 0 Å². The van der Waals surface area contributed by atoms with E-state index in [1.807, 2.05) is 31.3 Å². The second kappa shape index (κ2) is 6.11. The Kier molecular flexibility index (Phi) is 4.02. The number of hydrogen-bond donors (Lipinski definition) is 2. The van der Waals surface area contributed by atoms with Crippen LogP contribution >= 0.6 is 0 Å². The van der Waals surface area contributed by atoms with E-state index in [1.165, 1.54) is 5.56 Å². The van der Waals surface area contributed by atoms with Gasteiger partial charge in [-0.3, -0.25) is 4.98 Å². The molecule has 2 heterocycles. The van der Waals surface area contributed by atoms with Crippen LogP contribution in [0.4, 0.5) is 0 Å². The predicted octanol–water partition coefficient (Wildman–Crippen LogP) is 2.04. The van der Waals surface area contributed by atoms with Gasteiger partial charge in [0.25, 0.3) is 0 Å². The van der Waals surface area contributed by atoms with Crippen molar-refractivity contribution >= 4 is 22.8 Å². The van der Waals surface area contributed by atoms with Gasteiger partial charge < -0.3 is 20.7 Å². The molecule has 2 aromatic rings. The van der Waals surface area contributed by atoms with Crippen molar-refractivity contribution in [2.45, 2.75) is 26.1 Å². The smallest absolute Gasteiger partial charge is 0.141 e. The van der Waals surface area contributed by atoms with Crippen LogP contribution in [0.5, 0.6) is 5.75 Å². The van der Waals surface area contributed by atoms with Crippen LogP contribution in [0, 0.1) is 5.41 Å². The van der Waals surface area contributed by atoms with Crippen LogP contribution in [-0.2, 0) is 17.8 Å². The zero-order chi connectivity index (χ0) is 15.5. The Morgan fingerprint density at radius 3 is 3.18 bits per heavy atom. The van der Waals surface area contributed by atoms with E-state index in [-0.39, 0.29) is 6.10 Å². The summed E-state index contributed by atoms with van der Waals surface area (Å²) in [6.07, 6.45) is 3.49.